The standard InChI is InChI=1S/C20H23NO3/c1-3-14(22)12-21(2)20(23)24-13-19-17-10-6-4-8-15(17)16-9-5-7-11-18(16)19/h4-11,14,19,22H,3,12-13H2,1-2H3/t14-/m0/s1. The van der Waals surface area contributed by atoms with E-state index >= 15 is 0 Å². The zero-order chi connectivity index (χ0) is 17.1. The third kappa shape index (κ3) is 3.15. The van der Waals surface area contributed by atoms with Gasteiger partial charge in [-0.1, -0.05) is 55.5 Å². The lowest BCUT2D eigenvalue weighted by Crippen LogP contribution is -2.35. The summed E-state index contributed by atoms with van der Waals surface area (Å²) in [7, 11) is 1.65. The molecule has 1 amide bonds. The Bertz CT molecular complexity index is 683. The van der Waals surface area contributed by atoms with Gasteiger partial charge in [0.25, 0.3) is 0 Å². The van der Waals surface area contributed by atoms with Crippen molar-refractivity contribution in [2.75, 3.05) is 20.2 Å². The second kappa shape index (κ2) is 7.05. The molecule has 0 fully saturated rings. The first-order chi connectivity index (χ1) is 11.6. The second-order valence-electron chi connectivity index (χ2n) is 6.25. The number of carbonyl (C=O) groups excluding carboxylic acids is 1. The molecule has 1 aliphatic rings. The zero-order valence-electron chi connectivity index (χ0n) is 14.1. The van der Waals surface area contributed by atoms with Gasteiger partial charge in [-0.05, 0) is 28.7 Å². The van der Waals surface area contributed by atoms with Crippen LogP contribution in [-0.4, -0.2) is 42.4 Å². The lowest BCUT2D eigenvalue weighted by Gasteiger charge is -2.21. The van der Waals surface area contributed by atoms with Crippen molar-refractivity contribution in [3.63, 3.8) is 0 Å². The van der Waals surface area contributed by atoms with Gasteiger partial charge in [-0.25, -0.2) is 4.79 Å². The highest BCUT2D eigenvalue weighted by Crippen LogP contribution is 2.44. The first kappa shape index (κ1) is 16.5. The van der Waals surface area contributed by atoms with Crippen LogP contribution in [0.4, 0.5) is 4.79 Å². The maximum absolute atomic E-state index is 12.2. The molecule has 24 heavy (non-hydrogen) atoms. The molecular formula is C20H23NO3. The number of aliphatic hydroxyl groups excluding tert-OH is 1. The lowest BCUT2D eigenvalue weighted by atomic mass is 9.98. The maximum atomic E-state index is 12.2. The largest absolute Gasteiger partial charge is 0.448 e. The van der Waals surface area contributed by atoms with Gasteiger partial charge >= 0.3 is 6.09 Å². The molecule has 0 heterocycles. The van der Waals surface area contributed by atoms with Gasteiger partial charge in [0.15, 0.2) is 0 Å². The van der Waals surface area contributed by atoms with Crippen molar-refractivity contribution in [3.05, 3.63) is 59.7 Å². The molecule has 4 nitrogen and oxygen atoms in total. The number of likely N-dealkylation sites (N-methyl/N-ethyl adjacent to an activating group) is 1. The molecule has 0 spiro atoms. The first-order valence-corrected chi connectivity index (χ1v) is 8.36. The van der Waals surface area contributed by atoms with Crippen molar-refractivity contribution in [2.45, 2.75) is 25.4 Å². The van der Waals surface area contributed by atoms with Gasteiger partial charge in [-0.2, -0.15) is 0 Å². The molecule has 0 saturated carbocycles. The van der Waals surface area contributed by atoms with Crippen LogP contribution < -0.4 is 0 Å². The van der Waals surface area contributed by atoms with E-state index in [4.69, 9.17) is 4.74 Å². The molecule has 0 unspecified atom stereocenters. The molecule has 0 aliphatic heterocycles. The minimum Gasteiger partial charge on any atom is -0.448 e. The SMILES string of the molecule is CC[C@H](O)CN(C)C(=O)OCC1c2ccccc2-c2ccccc21. The van der Waals surface area contributed by atoms with Gasteiger partial charge < -0.3 is 14.7 Å². The molecule has 126 valence electrons. The summed E-state index contributed by atoms with van der Waals surface area (Å²) in [5, 5.41) is 9.67. The second-order valence-corrected chi connectivity index (χ2v) is 6.25. The number of carbonyl (C=O) groups is 1. The van der Waals surface area contributed by atoms with E-state index in [1.54, 1.807) is 7.05 Å². The quantitative estimate of drug-likeness (QED) is 0.913. The van der Waals surface area contributed by atoms with E-state index in [1.165, 1.54) is 27.2 Å². The molecule has 2 aromatic rings. The van der Waals surface area contributed by atoms with Crippen molar-refractivity contribution in [1.29, 1.82) is 0 Å². The summed E-state index contributed by atoms with van der Waals surface area (Å²) in [5.41, 5.74) is 4.82. The summed E-state index contributed by atoms with van der Waals surface area (Å²) >= 11 is 0. The molecule has 1 N–H and O–H groups in total. The Labute approximate surface area is 142 Å². The topological polar surface area (TPSA) is 49.8 Å². The normalized spacial score (nSPS) is 14.0. The number of hydrogen-bond donors (Lipinski definition) is 1. The number of ether oxygens (including phenoxy) is 1. The van der Waals surface area contributed by atoms with E-state index in [9.17, 15) is 9.90 Å². The summed E-state index contributed by atoms with van der Waals surface area (Å²) in [6, 6.07) is 16.5. The van der Waals surface area contributed by atoms with Crippen LogP contribution in [0.2, 0.25) is 0 Å². The van der Waals surface area contributed by atoms with Crippen LogP contribution in [-0.2, 0) is 4.74 Å². The van der Waals surface area contributed by atoms with Crippen molar-refractivity contribution in [2.24, 2.45) is 0 Å². The van der Waals surface area contributed by atoms with Crippen LogP contribution >= 0.6 is 0 Å². The number of amides is 1. The van der Waals surface area contributed by atoms with E-state index in [0.717, 1.165) is 0 Å². The molecule has 0 radical (unpaired) electrons. The summed E-state index contributed by atoms with van der Waals surface area (Å²) in [4.78, 5) is 13.6. The Morgan fingerprint density at radius 1 is 1.12 bits per heavy atom. The van der Waals surface area contributed by atoms with E-state index in [0.29, 0.717) is 13.0 Å². The van der Waals surface area contributed by atoms with E-state index in [-0.39, 0.29) is 12.5 Å². The van der Waals surface area contributed by atoms with Gasteiger partial charge in [0, 0.05) is 19.5 Å². The fourth-order valence-electron chi connectivity index (χ4n) is 3.22. The Kier molecular flexibility index (Phi) is 4.86. The molecule has 0 saturated heterocycles. The summed E-state index contributed by atoms with van der Waals surface area (Å²) in [5.74, 6) is 0.0610. The third-order valence-corrected chi connectivity index (χ3v) is 4.60. The fraction of sp³-hybridized carbons (Fsp3) is 0.350. The van der Waals surface area contributed by atoms with Gasteiger partial charge in [0.1, 0.15) is 6.61 Å². The Morgan fingerprint density at radius 3 is 2.21 bits per heavy atom. The number of fused-ring (bicyclic) bond motifs is 3. The predicted molar refractivity (Wildman–Crippen MR) is 94.0 cm³/mol. The maximum Gasteiger partial charge on any atom is 0.409 e. The third-order valence-electron chi connectivity index (χ3n) is 4.60. The summed E-state index contributed by atoms with van der Waals surface area (Å²) in [6.45, 7) is 2.48. The molecule has 1 aliphatic carbocycles. The summed E-state index contributed by atoms with van der Waals surface area (Å²) < 4.78 is 5.52. The highest BCUT2D eigenvalue weighted by Gasteiger charge is 2.29. The van der Waals surface area contributed by atoms with E-state index in [2.05, 4.69) is 24.3 Å². The van der Waals surface area contributed by atoms with Crippen molar-refractivity contribution < 1.29 is 14.6 Å². The molecule has 1 atom stereocenters. The number of rotatable bonds is 5. The molecule has 0 bridgehead atoms. The number of nitrogens with zero attached hydrogens (tertiary/aromatic N) is 1. The number of benzene rings is 2. The predicted octanol–water partition coefficient (Wildman–Crippen LogP) is 3.64. The van der Waals surface area contributed by atoms with Crippen LogP contribution in [0, 0.1) is 0 Å². The Balaban J connectivity index is 1.73. The van der Waals surface area contributed by atoms with E-state index in [1.807, 2.05) is 31.2 Å². The lowest BCUT2D eigenvalue weighted by molar-refractivity contribution is 0.0802. The molecule has 0 aromatic heterocycles. The monoisotopic (exact) mass is 325 g/mol. The smallest absolute Gasteiger partial charge is 0.409 e. The first-order valence-electron chi connectivity index (χ1n) is 8.36. The Hall–Kier alpha value is -2.33. The van der Waals surface area contributed by atoms with Crippen LogP contribution in [0.1, 0.15) is 30.4 Å². The van der Waals surface area contributed by atoms with Gasteiger partial charge in [0.05, 0.1) is 6.10 Å². The van der Waals surface area contributed by atoms with Gasteiger partial charge in [-0.3, -0.25) is 0 Å². The number of hydrogen-bond acceptors (Lipinski definition) is 3. The average molecular weight is 325 g/mol. The summed E-state index contributed by atoms with van der Waals surface area (Å²) in [6.07, 6.45) is -0.305. The van der Waals surface area contributed by atoms with Crippen LogP contribution in [0.15, 0.2) is 48.5 Å². The van der Waals surface area contributed by atoms with Crippen molar-refractivity contribution >= 4 is 6.09 Å². The minimum absolute atomic E-state index is 0.0610. The van der Waals surface area contributed by atoms with E-state index < -0.39 is 12.2 Å². The van der Waals surface area contributed by atoms with Crippen molar-refractivity contribution in [1.82, 2.24) is 4.90 Å². The van der Waals surface area contributed by atoms with Crippen molar-refractivity contribution in [3.8, 4) is 11.1 Å². The average Bonchev–Trinajstić information content (AvgIpc) is 2.93. The molecular weight excluding hydrogens is 302 g/mol. The molecule has 2 aromatic carbocycles. The fourth-order valence-corrected chi connectivity index (χ4v) is 3.22. The molecule has 3 rings (SSSR count). The highest BCUT2D eigenvalue weighted by molar-refractivity contribution is 5.79. The van der Waals surface area contributed by atoms with Crippen LogP contribution in [0.25, 0.3) is 11.1 Å². The minimum atomic E-state index is -0.518. The Morgan fingerprint density at radius 2 is 1.67 bits per heavy atom. The van der Waals surface area contributed by atoms with Crippen LogP contribution in [0.3, 0.4) is 0 Å². The number of aliphatic hydroxyl groups is 1. The molecule has 4 heteroatoms. The van der Waals surface area contributed by atoms with Gasteiger partial charge in [0.2, 0.25) is 0 Å². The van der Waals surface area contributed by atoms with Crippen LogP contribution in [0.5, 0.6) is 0 Å². The highest BCUT2D eigenvalue weighted by atomic mass is 16.6. The zero-order valence-corrected chi connectivity index (χ0v) is 14.1. The van der Waals surface area contributed by atoms with Gasteiger partial charge in [-0.15, -0.1) is 0 Å².